The van der Waals surface area contributed by atoms with Crippen LogP contribution in [0.2, 0.25) is 0 Å². The number of allylic oxidation sites excluding steroid dienone is 2. The smallest absolute Gasteiger partial charge is 0.243 e. The van der Waals surface area contributed by atoms with Crippen LogP contribution in [0, 0.1) is 24.5 Å². The molecular weight excluding hydrogens is 635 g/mol. The first-order valence-corrected chi connectivity index (χ1v) is 17.5. The van der Waals surface area contributed by atoms with Crippen LogP contribution in [0.5, 0.6) is 0 Å². The van der Waals surface area contributed by atoms with Gasteiger partial charge < -0.3 is 0 Å². The maximum Gasteiger partial charge on any atom is 0.262 e. The lowest BCUT2D eigenvalue weighted by Gasteiger charge is -2.34. The van der Waals surface area contributed by atoms with Gasteiger partial charge in [0.15, 0.2) is 5.70 Å². The first kappa shape index (κ1) is 27.9. The molecule has 4 heterocycles. The monoisotopic (exact) mass is 655 g/mol. The van der Waals surface area contributed by atoms with Crippen LogP contribution in [-0.4, -0.2) is 17.5 Å². The molecule has 0 atom stereocenters. The van der Waals surface area contributed by atoms with E-state index >= 15 is 0 Å². The van der Waals surface area contributed by atoms with Crippen LogP contribution in [0.15, 0.2) is 47.8 Å². The molecule has 7 nitrogen and oxygen atoms in total. The van der Waals surface area contributed by atoms with Crippen molar-refractivity contribution < 1.29 is 0 Å². The molecule has 11 heteroatoms. The van der Waals surface area contributed by atoms with Gasteiger partial charge in [-0.25, -0.2) is 15.0 Å². The van der Waals surface area contributed by atoms with Crippen molar-refractivity contribution in [2.45, 2.75) is 44.4 Å². The molecule has 0 aliphatic heterocycles. The van der Waals surface area contributed by atoms with Gasteiger partial charge in [-0.3, -0.25) is 0 Å². The summed E-state index contributed by atoms with van der Waals surface area (Å²) in [5, 5.41) is 9.30. The van der Waals surface area contributed by atoms with Gasteiger partial charge in [-0.1, -0.05) is 49.6 Å². The molecule has 2 aliphatic rings. The largest absolute Gasteiger partial charge is 0.262 e. The Labute approximate surface area is 275 Å². The van der Waals surface area contributed by atoms with Crippen LogP contribution in [0.25, 0.3) is 74.5 Å². The van der Waals surface area contributed by atoms with Crippen LogP contribution < -0.4 is 0 Å². The molecule has 0 unspecified atom stereocenters. The molecule has 0 radical (unpaired) electrons. The topological polar surface area (TPSA) is 84.1 Å². The molecule has 6 aromatic rings. The summed E-state index contributed by atoms with van der Waals surface area (Å²) in [6.45, 7) is 16.4. The summed E-state index contributed by atoms with van der Waals surface area (Å²) in [5.74, 6) is 0. The maximum atomic E-state index is 9.30. The third-order valence-corrected chi connectivity index (χ3v) is 12.5. The highest BCUT2D eigenvalue weighted by Crippen LogP contribution is 2.62. The minimum absolute atomic E-state index is 0.000718. The van der Waals surface area contributed by atoms with Crippen LogP contribution in [0.4, 0.5) is 0 Å². The second-order valence-corrected chi connectivity index (χ2v) is 14.5. The number of aromatic nitrogens is 4. The first-order chi connectivity index (χ1) is 22.0. The summed E-state index contributed by atoms with van der Waals surface area (Å²) in [6.07, 6.45) is 9.43. The minimum Gasteiger partial charge on any atom is -0.243 e. The summed E-state index contributed by atoms with van der Waals surface area (Å²) in [6, 6.07) is 15.0. The summed E-state index contributed by atoms with van der Waals surface area (Å²) in [4.78, 5) is 11.9. The highest BCUT2D eigenvalue weighted by molar-refractivity contribution is 7.26. The van der Waals surface area contributed by atoms with Crippen molar-refractivity contribution in [1.29, 1.82) is 5.26 Å². The van der Waals surface area contributed by atoms with Crippen LogP contribution in [-0.2, 0) is 5.41 Å². The molecule has 1 saturated carbocycles. The highest BCUT2D eigenvalue weighted by Gasteiger charge is 2.46. The Hall–Kier alpha value is -4.57. The normalized spacial score (nSPS) is 15.6. The number of rotatable bonds is 4. The van der Waals surface area contributed by atoms with Crippen molar-refractivity contribution in [3.8, 4) is 36.7 Å². The average Bonchev–Trinajstić information content (AvgIpc) is 3.90. The number of hydrogen-bond acceptors (Lipinski definition) is 9. The maximum absolute atomic E-state index is 9.30. The molecule has 45 heavy (non-hydrogen) atoms. The van der Waals surface area contributed by atoms with E-state index in [0.29, 0.717) is 5.70 Å². The summed E-state index contributed by atoms with van der Waals surface area (Å²) in [5.41, 5.74) is 10.6. The van der Waals surface area contributed by atoms with Gasteiger partial charge in [0.25, 0.3) is 5.70 Å². The predicted octanol–water partition coefficient (Wildman–Crippen LogP) is 10.4. The van der Waals surface area contributed by atoms with Crippen molar-refractivity contribution in [2.75, 3.05) is 0 Å². The number of hydrogen-bond donors (Lipinski definition) is 0. The third kappa shape index (κ3) is 4.29. The highest BCUT2D eigenvalue weighted by atomic mass is 32.1. The SMILES string of the molecule is [C-]#[N+]/C(C)=C\c1ccc(-c2cc3c(s2)-c2sc(-c4ccc(/C=C(\C#N)[N+]#[C-])c5nsnc45)cc2C32CCCCC2)c2nsnc12. The lowest BCUT2D eigenvalue weighted by Crippen LogP contribution is -2.27. The Morgan fingerprint density at radius 3 is 1.82 bits per heavy atom. The first-order valence-electron chi connectivity index (χ1n) is 14.4. The third-order valence-electron chi connectivity index (χ3n) is 8.90. The lowest BCUT2D eigenvalue weighted by molar-refractivity contribution is 0.354. The number of fused-ring (bicyclic) bond motifs is 7. The predicted molar refractivity (Wildman–Crippen MR) is 185 cm³/mol. The van der Waals surface area contributed by atoms with Crippen molar-refractivity contribution in [1.82, 2.24) is 17.5 Å². The van der Waals surface area contributed by atoms with Crippen LogP contribution >= 0.6 is 46.1 Å². The molecular formula is C34H21N7S4. The number of nitrogens with zero attached hydrogens (tertiary/aromatic N) is 7. The van der Waals surface area contributed by atoms with E-state index in [1.165, 1.54) is 61.6 Å². The van der Waals surface area contributed by atoms with Gasteiger partial charge in [-0.05, 0) is 60.2 Å². The standard InChI is InChI=1S/C34H21N7S4/c1-18(36-2)13-19-7-9-22(30-28(19)38-44-40-30)26-15-24-32(42-26)33-25(34(24)11-5-4-6-12-34)16-27(43-33)23-10-8-20(14-21(17-35)37-3)29-31(23)41-45-39-29/h7-10,13-16H,4-6,11-12H2,1H3/b18-13-,21-14+. The van der Waals surface area contributed by atoms with E-state index in [0.717, 1.165) is 68.9 Å². The molecule has 0 N–H and O–H groups in total. The lowest BCUT2D eigenvalue weighted by atomic mass is 9.68. The zero-order chi connectivity index (χ0) is 30.7. The second kappa shape index (κ2) is 10.8. The van der Waals surface area contributed by atoms with E-state index in [1.807, 2.05) is 47.8 Å². The number of nitriles is 1. The van der Waals surface area contributed by atoms with Crippen LogP contribution in [0.1, 0.15) is 61.3 Å². The van der Waals surface area contributed by atoms with Gasteiger partial charge in [-0.2, -0.15) is 17.5 Å². The molecule has 4 aromatic heterocycles. The van der Waals surface area contributed by atoms with Gasteiger partial charge in [0.2, 0.25) is 0 Å². The van der Waals surface area contributed by atoms with Crippen molar-refractivity contribution in [3.05, 3.63) is 92.9 Å². The molecule has 8 rings (SSSR count). The fraction of sp³-hybridized carbons (Fsp3) is 0.206. The summed E-state index contributed by atoms with van der Waals surface area (Å²) in [7, 11) is 0. The second-order valence-electron chi connectivity index (χ2n) is 11.3. The quantitative estimate of drug-likeness (QED) is 0.139. The molecule has 1 spiro atoms. The molecule has 216 valence electrons. The van der Waals surface area contributed by atoms with E-state index in [2.05, 4.69) is 53.1 Å². The Balaban J connectivity index is 1.27. The fourth-order valence-corrected chi connectivity index (χ4v) is 10.7. The summed E-state index contributed by atoms with van der Waals surface area (Å²) < 4.78 is 18.5. The van der Waals surface area contributed by atoms with E-state index in [9.17, 15) is 5.26 Å². The number of benzene rings is 2. The molecule has 2 aliphatic carbocycles. The summed E-state index contributed by atoms with van der Waals surface area (Å²) >= 11 is 6.05. The zero-order valence-electron chi connectivity index (χ0n) is 23.9. The molecule has 1 fully saturated rings. The van der Waals surface area contributed by atoms with E-state index in [4.69, 9.17) is 17.5 Å². The van der Waals surface area contributed by atoms with Gasteiger partial charge in [-0.15, -0.1) is 22.7 Å². The molecule has 0 amide bonds. The van der Waals surface area contributed by atoms with Crippen molar-refractivity contribution >= 4 is 80.3 Å². The van der Waals surface area contributed by atoms with Crippen molar-refractivity contribution in [3.63, 3.8) is 0 Å². The van der Waals surface area contributed by atoms with E-state index in [-0.39, 0.29) is 11.1 Å². The van der Waals surface area contributed by atoms with E-state index in [1.54, 1.807) is 6.08 Å². The zero-order valence-corrected chi connectivity index (χ0v) is 27.2. The van der Waals surface area contributed by atoms with Gasteiger partial charge >= 0.3 is 0 Å². The van der Waals surface area contributed by atoms with Crippen LogP contribution in [0.3, 0.4) is 0 Å². The fourth-order valence-electron chi connectivity index (χ4n) is 6.83. The van der Waals surface area contributed by atoms with E-state index < -0.39 is 0 Å². The Morgan fingerprint density at radius 1 is 0.778 bits per heavy atom. The Kier molecular flexibility index (Phi) is 6.71. The van der Waals surface area contributed by atoms with Gasteiger partial charge in [0, 0.05) is 36.1 Å². The Bertz CT molecular complexity index is 2360. The molecule has 0 bridgehead atoms. The minimum atomic E-state index is 0.000718. The molecule has 2 aromatic carbocycles. The Morgan fingerprint density at radius 2 is 1.31 bits per heavy atom. The number of thiophene rings is 2. The molecule has 0 saturated heterocycles. The van der Waals surface area contributed by atoms with Gasteiger partial charge in [0.1, 0.15) is 22.1 Å². The van der Waals surface area contributed by atoms with Crippen molar-refractivity contribution in [2.24, 2.45) is 0 Å². The average molecular weight is 656 g/mol. The van der Waals surface area contributed by atoms with Gasteiger partial charge in [0.05, 0.1) is 42.7 Å².